The van der Waals surface area contributed by atoms with Gasteiger partial charge in [0.05, 0.1) is 6.61 Å². The fourth-order valence-corrected chi connectivity index (χ4v) is 2.23. The van der Waals surface area contributed by atoms with Gasteiger partial charge in [-0.05, 0) is 18.6 Å². The van der Waals surface area contributed by atoms with Gasteiger partial charge in [-0.25, -0.2) is 5.90 Å². The zero-order chi connectivity index (χ0) is 10.8. The molecule has 1 aromatic carbocycles. The molecule has 0 fully saturated rings. The molecule has 0 atom stereocenters. The van der Waals surface area contributed by atoms with Gasteiger partial charge in [0.15, 0.2) is 0 Å². The second kappa shape index (κ2) is 4.43. The molecule has 0 radical (unpaired) electrons. The van der Waals surface area contributed by atoms with Crippen LogP contribution in [-0.2, 0) is 10.3 Å². The summed E-state index contributed by atoms with van der Waals surface area (Å²) in [6.45, 7) is 6.81. The van der Waals surface area contributed by atoms with Crippen molar-refractivity contribution in [1.29, 1.82) is 0 Å². The van der Waals surface area contributed by atoms with Crippen molar-refractivity contribution < 1.29 is 4.84 Å². The minimum atomic E-state index is -0.0698. The Morgan fingerprint density at radius 1 is 1.43 bits per heavy atom. The maximum atomic E-state index is 5.12. The van der Waals surface area contributed by atoms with Crippen molar-refractivity contribution in [3.05, 3.63) is 33.8 Å². The largest absolute Gasteiger partial charge is 0.304 e. The summed E-state index contributed by atoms with van der Waals surface area (Å²) in [5.41, 5.74) is 2.40. The average Bonchev–Trinajstić information content (AvgIpc) is 2.09. The van der Waals surface area contributed by atoms with E-state index in [0.29, 0.717) is 6.61 Å². The Morgan fingerprint density at radius 2 is 2.07 bits per heavy atom. The van der Waals surface area contributed by atoms with Crippen LogP contribution in [0.1, 0.15) is 25.0 Å². The van der Waals surface area contributed by atoms with E-state index in [1.807, 2.05) is 0 Å². The molecular formula is C11H16BrNO. The van der Waals surface area contributed by atoms with Gasteiger partial charge in [-0.3, -0.25) is 0 Å². The first-order chi connectivity index (χ1) is 6.47. The highest BCUT2D eigenvalue weighted by Crippen LogP contribution is 2.30. The zero-order valence-corrected chi connectivity index (χ0v) is 10.4. The van der Waals surface area contributed by atoms with E-state index in [9.17, 15) is 0 Å². The summed E-state index contributed by atoms with van der Waals surface area (Å²) in [5.74, 6) is 5.12. The first-order valence-corrected chi connectivity index (χ1v) is 5.35. The van der Waals surface area contributed by atoms with Crippen molar-refractivity contribution in [1.82, 2.24) is 0 Å². The van der Waals surface area contributed by atoms with Gasteiger partial charge in [0.25, 0.3) is 0 Å². The van der Waals surface area contributed by atoms with Crippen LogP contribution in [0, 0.1) is 6.92 Å². The monoisotopic (exact) mass is 257 g/mol. The summed E-state index contributed by atoms with van der Waals surface area (Å²) in [6.07, 6.45) is 0. The third-order valence-corrected chi connectivity index (χ3v) is 2.99. The van der Waals surface area contributed by atoms with Crippen LogP contribution >= 0.6 is 15.9 Å². The van der Waals surface area contributed by atoms with E-state index in [1.54, 1.807) is 0 Å². The normalized spacial score (nSPS) is 11.8. The van der Waals surface area contributed by atoms with Crippen LogP contribution in [0.15, 0.2) is 22.7 Å². The lowest BCUT2D eigenvalue weighted by molar-refractivity contribution is 0.0962. The van der Waals surface area contributed by atoms with Crippen LogP contribution in [0.4, 0.5) is 0 Å². The van der Waals surface area contributed by atoms with E-state index in [1.165, 1.54) is 11.1 Å². The predicted molar refractivity (Wildman–Crippen MR) is 62.0 cm³/mol. The number of hydrogen-bond donors (Lipinski definition) is 1. The first-order valence-electron chi connectivity index (χ1n) is 4.55. The zero-order valence-electron chi connectivity index (χ0n) is 8.80. The van der Waals surface area contributed by atoms with E-state index in [2.05, 4.69) is 54.9 Å². The van der Waals surface area contributed by atoms with Crippen LogP contribution < -0.4 is 5.90 Å². The van der Waals surface area contributed by atoms with Gasteiger partial charge in [0, 0.05) is 9.89 Å². The Labute approximate surface area is 93.5 Å². The highest BCUT2D eigenvalue weighted by molar-refractivity contribution is 9.10. The lowest BCUT2D eigenvalue weighted by atomic mass is 9.85. The smallest absolute Gasteiger partial charge is 0.0770 e. The number of halogens is 1. The van der Waals surface area contributed by atoms with Crippen molar-refractivity contribution in [3.63, 3.8) is 0 Å². The summed E-state index contributed by atoms with van der Waals surface area (Å²) in [5, 5.41) is 0. The molecular weight excluding hydrogens is 242 g/mol. The SMILES string of the molecule is Cc1ccc(Br)c(C(C)(C)CON)c1. The second-order valence-corrected chi connectivity index (χ2v) is 5.03. The lowest BCUT2D eigenvalue weighted by Crippen LogP contribution is -2.26. The van der Waals surface area contributed by atoms with E-state index in [0.717, 1.165) is 4.47 Å². The predicted octanol–water partition coefficient (Wildman–Crippen LogP) is 2.93. The van der Waals surface area contributed by atoms with Gasteiger partial charge in [0.2, 0.25) is 0 Å². The molecule has 0 bridgehead atoms. The van der Waals surface area contributed by atoms with Crippen molar-refractivity contribution >= 4 is 15.9 Å². The molecule has 1 aromatic rings. The third kappa shape index (κ3) is 2.56. The number of aryl methyl sites for hydroxylation is 1. The second-order valence-electron chi connectivity index (χ2n) is 4.18. The molecule has 0 spiro atoms. The number of benzene rings is 1. The van der Waals surface area contributed by atoms with Crippen molar-refractivity contribution in [2.75, 3.05) is 6.61 Å². The minimum Gasteiger partial charge on any atom is -0.304 e. The third-order valence-electron chi connectivity index (χ3n) is 2.30. The fourth-order valence-electron chi connectivity index (χ4n) is 1.44. The average molecular weight is 258 g/mol. The van der Waals surface area contributed by atoms with E-state index >= 15 is 0 Å². The molecule has 3 heteroatoms. The molecule has 14 heavy (non-hydrogen) atoms. The molecule has 2 nitrogen and oxygen atoms in total. The topological polar surface area (TPSA) is 35.2 Å². The summed E-state index contributed by atoms with van der Waals surface area (Å²) in [7, 11) is 0. The van der Waals surface area contributed by atoms with Crippen LogP contribution in [0.3, 0.4) is 0 Å². The van der Waals surface area contributed by atoms with E-state index in [4.69, 9.17) is 10.7 Å². The quantitative estimate of drug-likeness (QED) is 0.846. The van der Waals surface area contributed by atoms with Crippen LogP contribution in [0.5, 0.6) is 0 Å². The van der Waals surface area contributed by atoms with E-state index in [-0.39, 0.29) is 5.41 Å². The van der Waals surface area contributed by atoms with Gasteiger partial charge in [-0.15, -0.1) is 0 Å². The van der Waals surface area contributed by atoms with Gasteiger partial charge in [-0.1, -0.05) is 47.5 Å². The maximum absolute atomic E-state index is 5.12. The number of nitrogens with two attached hydrogens (primary N) is 1. The lowest BCUT2D eigenvalue weighted by Gasteiger charge is -2.25. The minimum absolute atomic E-state index is 0.0698. The van der Waals surface area contributed by atoms with Crippen molar-refractivity contribution in [2.45, 2.75) is 26.2 Å². The fraction of sp³-hybridized carbons (Fsp3) is 0.455. The van der Waals surface area contributed by atoms with Crippen LogP contribution in [-0.4, -0.2) is 6.61 Å². The van der Waals surface area contributed by atoms with E-state index < -0.39 is 0 Å². The summed E-state index contributed by atoms with van der Waals surface area (Å²) in [6, 6.07) is 6.29. The molecule has 0 aliphatic heterocycles. The molecule has 0 aliphatic rings. The van der Waals surface area contributed by atoms with Gasteiger partial charge in [0.1, 0.15) is 0 Å². The number of rotatable bonds is 3. The highest BCUT2D eigenvalue weighted by Gasteiger charge is 2.23. The first kappa shape index (κ1) is 11.7. The molecule has 1 rings (SSSR count). The number of hydrogen-bond acceptors (Lipinski definition) is 2. The Morgan fingerprint density at radius 3 is 2.64 bits per heavy atom. The van der Waals surface area contributed by atoms with Gasteiger partial charge < -0.3 is 4.84 Å². The molecule has 0 saturated heterocycles. The molecule has 0 heterocycles. The molecule has 78 valence electrons. The van der Waals surface area contributed by atoms with Gasteiger partial charge in [-0.2, -0.15) is 0 Å². The molecule has 0 saturated carbocycles. The summed E-state index contributed by atoms with van der Waals surface area (Å²) in [4.78, 5) is 4.74. The highest BCUT2D eigenvalue weighted by atomic mass is 79.9. The van der Waals surface area contributed by atoms with Gasteiger partial charge >= 0.3 is 0 Å². The molecule has 0 aromatic heterocycles. The van der Waals surface area contributed by atoms with Crippen molar-refractivity contribution in [2.24, 2.45) is 5.90 Å². The molecule has 0 unspecified atom stereocenters. The Hall–Kier alpha value is -0.380. The molecule has 0 aliphatic carbocycles. The Balaban J connectivity index is 3.10. The summed E-state index contributed by atoms with van der Waals surface area (Å²) < 4.78 is 1.10. The Bertz CT molecular complexity index is 323. The molecule has 2 N–H and O–H groups in total. The van der Waals surface area contributed by atoms with Crippen LogP contribution in [0.2, 0.25) is 0 Å². The maximum Gasteiger partial charge on any atom is 0.0770 e. The van der Waals surface area contributed by atoms with Crippen molar-refractivity contribution in [3.8, 4) is 0 Å². The standard InChI is InChI=1S/C11H16BrNO/c1-8-4-5-10(12)9(6-8)11(2,3)7-14-13/h4-6H,7,13H2,1-3H3. The summed E-state index contributed by atoms with van der Waals surface area (Å²) >= 11 is 3.54. The van der Waals surface area contributed by atoms with Crippen LogP contribution in [0.25, 0.3) is 0 Å². The molecule has 0 amide bonds. The Kier molecular flexibility index (Phi) is 3.70.